The van der Waals surface area contributed by atoms with Crippen LogP contribution in [0.4, 0.5) is 0 Å². The van der Waals surface area contributed by atoms with Gasteiger partial charge in [0.2, 0.25) is 5.91 Å². The average Bonchev–Trinajstić information content (AvgIpc) is 2.83. The van der Waals surface area contributed by atoms with Crippen LogP contribution in [0.25, 0.3) is 11.0 Å². The lowest BCUT2D eigenvalue weighted by atomic mass is 9.63. The molecule has 4 rings (SSSR count). The number of carbonyl (C=O) groups excluding carboxylic acids is 1. The van der Waals surface area contributed by atoms with E-state index in [1.807, 2.05) is 13.8 Å². The van der Waals surface area contributed by atoms with Crippen molar-refractivity contribution in [1.82, 2.24) is 15.3 Å². The van der Waals surface area contributed by atoms with Gasteiger partial charge in [-0.1, -0.05) is 44.0 Å². The number of nitrogens with zero attached hydrogens (tertiary/aromatic N) is 2. The van der Waals surface area contributed by atoms with E-state index >= 15 is 0 Å². The van der Waals surface area contributed by atoms with Crippen LogP contribution in [0, 0.1) is 5.41 Å². The Labute approximate surface area is 163 Å². The number of nitrogens with one attached hydrogen (secondary N) is 1. The summed E-state index contributed by atoms with van der Waals surface area (Å²) < 4.78 is 0. The summed E-state index contributed by atoms with van der Waals surface area (Å²) in [5.41, 5.74) is 1.98. The zero-order valence-electron chi connectivity index (χ0n) is 15.7. The Hall–Kier alpha value is -1.39. The lowest BCUT2D eigenvalue weighted by molar-refractivity contribution is -0.131. The molecule has 1 aromatic carbocycles. The average molecular weight is 392 g/mol. The normalized spacial score (nSPS) is 28.6. The van der Waals surface area contributed by atoms with Crippen LogP contribution in [-0.2, 0) is 15.6 Å². The van der Waals surface area contributed by atoms with E-state index in [4.69, 9.17) is 33.2 Å². The second-order valence-electron chi connectivity index (χ2n) is 8.67. The largest absolute Gasteiger partial charge is 0.353 e. The van der Waals surface area contributed by atoms with Crippen LogP contribution < -0.4 is 5.32 Å². The summed E-state index contributed by atoms with van der Waals surface area (Å²) in [5.74, 6) is 0.0497. The van der Waals surface area contributed by atoms with E-state index in [2.05, 4.69) is 26.1 Å². The molecule has 2 aliphatic rings. The lowest BCUT2D eigenvalue weighted by Gasteiger charge is -2.39. The fourth-order valence-electron chi connectivity index (χ4n) is 4.99. The third kappa shape index (κ3) is 1.95. The maximum Gasteiger partial charge on any atom is 0.233 e. The molecule has 2 atom stereocenters. The minimum Gasteiger partial charge on any atom is -0.353 e. The fourth-order valence-corrected chi connectivity index (χ4v) is 5.30. The van der Waals surface area contributed by atoms with E-state index in [1.165, 1.54) is 0 Å². The summed E-state index contributed by atoms with van der Waals surface area (Å²) in [6, 6.07) is 3.57. The highest BCUT2D eigenvalue weighted by molar-refractivity contribution is 6.42. The number of halogens is 2. The van der Waals surface area contributed by atoms with Crippen molar-refractivity contribution in [2.24, 2.45) is 5.41 Å². The third-order valence-electron chi connectivity index (χ3n) is 6.89. The summed E-state index contributed by atoms with van der Waals surface area (Å²) in [6.07, 6.45) is 1.70. The van der Waals surface area contributed by atoms with Crippen LogP contribution in [0.2, 0.25) is 10.0 Å². The molecule has 6 heteroatoms. The molecule has 1 heterocycles. The van der Waals surface area contributed by atoms with Gasteiger partial charge >= 0.3 is 0 Å². The Morgan fingerprint density at radius 3 is 2.12 bits per heavy atom. The fraction of sp³-hybridized carbons (Fsp3) is 0.550. The van der Waals surface area contributed by atoms with Crippen LogP contribution in [-0.4, -0.2) is 21.9 Å². The van der Waals surface area contributed by atoms with Crippen molar-refractivity contribution in [3.8, 4) is 0 Å². The van der Waals surface area contributed by atoms with Gasteiger partial charge in [0, 0.05) is 11.5 Å². The van der Waals surface area contributed by atoms with Gasteiger partial charge in [-0.25, -0.2) is 9.97 Å². The number of amides is 1. The van der Waals surface area contributed by atoms with Gasteiger partial charge in [0.15, 0.2) is 0 Å². The quantitative estimate of drug-likeness (QED) is 0.800. The SMILES string of the molecule is CC(C)NC(=O)[C@]12CC[C@@](C)(c3nc4cc(Cl)c(Cl)cc4nc31)C2(C)C. The molecule has 26 heavy (non-hydrogen) atoms. The predicted octanol–water partition coefficient (Wildman–Crippen LogP) is 4.79. The smallest absolute Gasteiger partial charge is 0.233 e. The van der Waals surface area contributed by atoms with E-state index in [0.717, 1.165) is 29.7 Å². The van der Waals surface area contributed by atoms with Crippen molar-refractivity contribution >= 4 is 40.1 Å². The molecular formula is C20H23Cl2N3O. The van der Waals surface area contributed by atoms with Crippen molar-refractivity contribution in [3.63, 3.8) is 0 Å². The minimum absolute atomic E-state index is 0.0497. The monoisotopic (exact) mass is 391 g/mol. The van der Waals surface area contributed by atoms with Crippen LogP contribution in [0.15, 0.2) is 12.1 Å². The molecule has 0 saturated heterocycles. The predicted molar refractivity (Wildman–Crippen MR) is 105 cm³/mol. The molecule has 1 N–H and O–H groups in total. The Morgan fingerprint density at radius 2 is 1.58 bits per heavy atom. The maximum absolute atomic E-state index is 13.4. The maximum atomic E-state index is 13.4. The molecule has 0 spiro atoms. The minimum atomic E-state index is -0.672. The van der Waals surface area contributed by atoms with Crippen molar-refractivity contribution in [2.75, 3.05) is 0 Å². The van der Waals surface area contributed by atoms with E-state index in [9.17, 15) is 4.79 Å². The molecule has 0 aliphatic heterocycles. The lowest BCUT2D eigenvalue weighted by Crippen LogP contribution is -2.52. The molecule has 1 fully saturated rings. The van der Waals surface area contributed by atoms with E-state index in [1.54, 1.807) is 12.1 Å². The van der Waals surface area contributed by atoms with Gasteiger partial charge < -0.3 is 5.32 Å². The van der Waals surface area contributed by atoms with Gasteiger partial charge in [-0.15, -0.1) is 0 Å². The molecule has 4 nitrogen and oxygen atoms in total. The number of fused-ring (bicyclic) bond motifs is 6. The van der Waals surface area contributed by atoms with Gasteiger partial charge in [-0.2, -0.15) is 0 Å². The first-order valence-electron chi connectivity index (χ1n) is 9.03. The standard InChI is InChI=1S/C20H23Cl2N3O/c1-10(2)23-17(26)20-7-6-19(5,18(20,3)4)15-16(20)25-14-9-12(22)11(21)8-13(14)24-15/h8-10H,6-7H2,1-5H3,(H,23,26)/t19-,20-/m0/s1. The molecular weight excluding hydrogens is 369 g/mol. The molecule has 2 aromatic rings. The third-order valence-corrected chi connectivity index (χ3v) is 7.61. The van der Waals surface area contributed by atoms with Gasteiger partial charge in [-0.3, -0.25) is 4.79 Å². The summed E-state index contributed by atoms with van der Waals surface area (Å²) in [5, 5.41) is 4.04. The molecule has 1 aromatic heterocycles. The number of carbonyl (C=O) groups is 1. The van der Waals surface area contributed by atoms with E-state index in [0.29, 0.717) is 15.6 Å². The number of benzene rings is 1. The zero-order valence-corrected chi connectivity index (χ0v) is 17.2. The van der Waals surface area contributed by atoms with Gasteiger partial charge in [0.05, 0.1) is 37.9 Å². The number of hydrogen-bond acceptors (Lipinski definition) is 3. The second-order valence-corrected chi connectivity index (χ2v) is 9.48. The van der Waals surface area contributed by atoms with Crippen LogP contribution in [0.1, 0.15) is 58.8 Å². The second kappa shape index (κ2) is 5.32. The molecule has 2 bridgehead atoms. The highest BCUT2D eigenvalue weighted by Crippen LogP contribution is 2.70. The number of rotatable bonds is 2. The van der Waals surface area contributed by atoms with Crippen molar-refractivity contribution in [1.29, 1.82) is 0 Å². The Balaban J connectivity index is 2.03. The summed E-state index contributed by atoms with van der Waals surface area (Å²) in [4.78, 5) is 23.2. The highest BCUT2D eigenvalue weighted by Gasteiger charge is 2.73. The van der Waals surface area contributed by atoms with E-state index < -0.39 is 5.41 Å². The number of aromatic nitrogens is 2. The van der Waals surface area contributed by atoms with E-state index in [-0.39, 0.29) is 22.8 Å². The first-order chi connectivity index (χ1) is 12.0. The summed E-state index contributed by atoms with van der Waals surface area (Å²) in [7, 11) is 0. The van der Waals surface area contributed by atoms with Crippen molar-refractivity contribution < 1.29 is 4.79 Å². The molecule has 1 saturated carbocycles. The molecule has 2 aliphatic carbocycles. The summed E-state index contributed by atoms with van der Waals surface area (Å²) in [6.45, 7) is 10.5. The molecule has 1 amide bonds. The first kappa shape index (κ1) is 18.0. The Bertz CT molecular complexity index is 956. The molecule has 138 valence electrons. The van der Waals surface area contributed by atoms with Gasteiger partial charge in [0.1, 0.15) is 0 Å². The molecule has 0 radical (unpaired) electrons. The van der Waals surface area contributed by atoms with Crippen LogP contribution in [0.3, 0.4) is 0 Å². The topological polar surface area (TPSA) is 54.9 Å². The van der Waals surface area contributed by atoms with Crippen LogP contribution >= 0.6 is 23.2 Å². The Kier molecular flexibility index (Phi) is 3.69. The zero-order chi connectivity index (χ0) is 19.1. The molecule has 0 unspecified atom stereocenters. The first-order valence-corrected chi connectivity index (χ1v) is 9.79. The Morgan fingerprint density at radius 1 is 1.04 bits per heavy atom. The highest BCUT2D eigenvalue weighted by atomic mass is 35.5. The van der Waals surface area contributed by atoms with Crippen LogP contribution in [0.5, 0.6) is 0 Å². The van der Waals surface area contributed by atoms with Gasteiger partial charge in [0.25, 0.3) is 0 Å². The van der Waals surface area contributed by atoms with Gasteiger partial charge in [-0.05, 0) is 44.2 Å². The summed E-state index contributed by atoms with van der Waals surface area (Å²) >= 11 is 12.4. The van der Waals surface area contributed by atoms with Crippen molar-refractivity contribution in [2.45, 2.75) is 64.3 Å². The number of hydrogen-bond donors (Lipinski definition) is 1. The van der Waals surface area contributed by atoms with Crippen molar-refractivity contribution in [3.05, 3.63) is 33.6 Å².